The topological polar surface area (TPSA) is 26.3 Å². The van der Waals surface area contributed by atoms with Gasteiger partial charge in [-0.3, -0.25) is 4.79 Å². The second-order valence-corrected chi connectivity index (χ2v) is 5.90. The summed E-state index contributed by atoms with van der Waals surface area (Å²) in [6.45, 7) is 0. The molecule has 0 bridgehead atoms. The summed E-state index contributed by atoms with van der Waals surface area (Å²) in [5.74, 6) is 0.213. The lowest BCUT2D eigenvalue weighted by Crippen LogP contribution is -2.41. The van der Waals surface area contributed by atoms with Crippen molar-refractivity contribution < 1.29 is 9.53 Å². The molecule has 0 atom stereocenters. The number of benzene rings is 1. The van der Waals surface area contributed by atoms with Gasteiger partial charge in [-0.15, -0.1) is 11.3 Å². The molecule has 2 nitrogen and oxygen atoms in total. The van der Waals surface area contributed by atoms with Gasteiger partial charge in [0.1, 0.15) is 0 Å². The van der Waals surface area contributed by atoms with E-state index in [1.54, 1.807) is 18.4 Å². The number of hydrogen-bond acceptors (Lipinski definition) is 3. The Bertz CT molecular complexity index is 575. The Labute approximate surface area is 111 Å². The number of Topliss-reactive ketones (excluding diaryl/α,β-unsaturated/α-hetero) is 1. The van der Waals surface area contributed by atoms with Crippen molar-refractivity contribution in [2.24, 2.45) is 0 Å². The largest absolute Gasteiger partial charge is 0.378 e. The van der Waals surface area contributed by atoms with Crippen LogP contribution < -0.4 is 0 Å². The zero-order chi connectivity index (χ0) is 12.6. The number of carbonyl (C=O) groups excluding carboxylic acids is 1. The number of rotatable bonds is 4. The lowest BCUT2D eigenvalue weighted by Gasteiger charge is -2.40. The first-order chi connectivity index (χ1) is 8.74. The quantitative estimate of drug-likeness (QED) is 0.775. The Balaban J connectivity index is 1.90. The van der Waals surface area contributed by atoms with Gasteiger partial charge >= 0.3 is 0 Å². The minimum absolute atomic E-state index is 0.184. The summed E-state index contributed by atoms with van der Waals surface area (Å²) in [5.41, 5.74) is 0.669. The van der Waals surface area contributed by atoms with Crippen LogP contribution in [0.1, 0.15) is 36.0 Å². The maximum Gasteiger partial charge on any atom is 0.167 e. The molecule has 1 heterocycles. The molecule has 1 aromatic heterocycles. The fourth-order valence-corrected chi connectivity index (χ4v) is 3.56. The van der Waals surface area contributed by atoms with Crippen LogP contribution in [0.15, 0.2) is 29.6 Å². The van der Waals surface area contributed by atoms with E-state index in [1.165, 1.54) is 6.42 Å². The zero-order valence-corrected chi connectivity index (χ0v) is 11.3. The van der Waals surface area contributed by atoms with E-state index in [4.69, 9.17) is 4.74 Å². The fourth-order valence-electron chi connectivity index (χ4n) is 2.62. The second-order valence-electron chi connectivity index (χ2n) is 4.99. The van der Waals surface area contributed by atoms with Gasteiger partial charge in [-0.1, -0.05) is 12.1 Å². The van der Waals surface area contributed by atoms with Crippen LogP contribution in [0.25, 0.3) is 10.1 Å². The highest BCUT2D eigenvalue weighted by Crippen LogP contribution is 2.39. The molecule has 0 spiro atoms. The molecule has 18 heavy (non-hydrogen) atoms. The van der Waals surface area contributed by atoms with E-state index >= 15 is 0 Å². The minimum Gasteiger partial charge on any atom is -0.378 e. The lowest BCUT2D eigenvalue weighted by molar-refractivity contribution is -0.0704. The van der Waals surface area contributed by atoms with E-state index in [0.717, 1.165) is 28.5 Å². The molecule has 1 saturated carbocycles. The van der Waals surface area contributed by atoms with Crippen molar-refractivity contribution >= 4 is 27.2 Å². The van der Waals surface area contributed by atoms with Crippen molar-refractivity contribution in [1.82, 2.24) is 0 Å². The molecule has 1 aliphatic carbocycles. The monoisotopic (exact) mass is 260 g/mol. The number of ketones is 1. The molecule has 1 aromatic carbocycles. The Morgan fingerprint density at radius 1 is 1.39 bits per heavy atom. The predicted molar refractivity (Wildman–Crippen MR) is 74.4 cm³/mol. The Morgan fingerprint density at radius 3 is 2.89 bits per heavy atom. The van der Waals surface area contributed by atoms with Crippen LogP contribution in [0.4, 0.5) is 0 Å². The van der Waals surface area contributed by atoms with Crippen LogP contribution in [-0.4, -0.2) is 18.5 Å². The standard InChI is InChI=1S/C15H16O2S/c1-17-15(7-3-8-15)10-13(16)12-5-2-4-11-6-9-18-14(11)12/h2,4-6,9H,3,7-8,10H2,1H3. The van der Waals surface area contributed by atoms with Gasteiger partial charge in [-0.05, 0) is 42.2 Å². The Hall–Kier alpha value is -1.19. The van der Waals surface area contributed by atoms with Crippen LogP contribution in [-0.2, 0) is 4.74 Å². The van der Waals surface area contributed by atoms with E-state index < -0.39 is 0 Å². The van der Waals surface area contributed by atoms with Gasteiger partial charge in [0.05, 0.1) is 5.60 Å². The van der Waals surface area contributed by atoms with Crippen LogP contribution in [0.2, 0.25) is 0 Å². The van der Waals surface area contributed by atoms with Gasteiger partial charge in [-0.2, -0.15) is 0 Å². The van der Waals surface area contributed by atoms with Gasteiger partial charge in [0.15, 0.2) is 5.78 Å². The van der Waals surface area contributed by atoms with Gasteiger partial charge in [0.2, 0.25) is 0 Å². The first-order valence-corrected chi connectivity index (χ1v) is 7.17. The molecule has 0 saturated heterocycles. The smallest absolute Gasteiger partial charge is 0.167 e. The maximum absolute atomic E-state index is 12.5. The highest BCUT2D eigenvalue weighted by atomic mass is 32.1. The summed E-state index contributed by atoms with van der Waals surface area (Å²) in [5, 5.41) is 3.20. The third-order valence-corrected chi connectivity index (χ3v) is 4.92. The van der Waals surface area contributed by atoms with Gasteiger partial charge in [0.25, 0.3) is 0 Å². The highest BCUT2D eigenvalue weighted by molar-refractivity contribution is 7.17. The normalized spacial score (nSPS) is 17.6. The molecule has 1 aliphatic rings. The number of thiophene rings is 1. The van der Waals surface area contributed by atoms with E-state index in [0.29, 0.717) is 6.42 Å². The van der Waals surface area contributed by atoms with Crippen molar-refractivity contribution in [3.63, 3.8) is 0 Å². The molecule has 0 aliphatic heterocycles. The van der Waals surface area contributed by atoms with Crippen LogP contribution >= 0.6 is 11.3 Å². The summed E-state index contributed by atoms with van der Waals surface area (Å²) in [7, 11) is 1.72. The zero-order valence-electron chi connectivity index (χ0n) is 10.4. The van der Waals surface area contributed by atoms with Gasteiger partial charge < -0.3 is 4.74 Å². The average Bonchev–Trinajstić information content (AvgIpc) is 2.81. The molecular formula is C15H16O2S. The number of ether oxygens (including phenoxy) is 1. The SMILES string of the molecule is COC1(CC(=O)c2cccc3ccsc23)CCC1. The Kier molecular flexibility index (Phi) is 2.96. The highest BCUT2D eigenvalue weighted by Gasteiger charge is 2.39. The summed E-state index contributed by atoms with van der Waals surface area (Å²) in [6, 6.07) is 8.01. The molecular weight excluding hydrogens is 244 g/mol. The maximum atomic E-state index is 12.5. The summed E-state index contributed by atoms with van der Waals surface area (Å²) >= 11 is 1.64. The molecule has 94 valence electrons. The molecule has 0 N–H and O–H groups in total. The molecule has 0 amide bonds. The number of hydrogen-bond donors (Lipinski definition) is 0. The number of methoxy groups -OCH3 is 1. The summed E-state index contributed by atoms with van der Waals surface area (Å²) < 4.78 is 6.65. The second kappa shape index (κ2) is 4.48. The van der Waals surface area contributed by atoms with Crippen LogP contribution in [0.5, 0.6) is 0 Å². The van der Waals surface area contributed by atoms with Crippen LogP contribution in [0.3, 0.4) is 0 Å². The lowest BCUT2D eigenvalue weighted by atomic mass is 9.76. The molecule has 2 aromatic rings. The third kappa shape index (κ3) is 1.88. The molecule has 1 fully saturated rings. The predicted octanol–water partition coefficient (Wildman–Crippen LogP) is 4.04. The van der Waals surface area contributed by atoms with Crippen molar-refractivity contribution in [3.8, 4) is 0 Å². The molecule has 3 rings (SSSR count). The summed E-state index contributed by atoms with van der Waals surface area (Å²) in [6.07, 6.45) is 3.70. The first-order valence-electron chi connectivity index (χ1n) is 6.29. The van der Waals surface area contributed by atoms with E-state index in [1.807, 2.05) is 17.5 Å². The minimum atomic E-state index is -0.184. The van der Waals surface area contributed by atoms with E-state index in [-0.39, 0.29) is 11.4 Å². The van der Waals surface area contributed by atoms with Crippen molar-refractivity contribution in [2.75, 3.05) is 7.11 Å². The van der Waals surface area contributed by atoms with Crippen molar-refractivity contribution in [1.29, 1.82) is 0 Å². The van der Waals surface area contributed by atoms with Crippen molar-refractivity contribution in [2.45, 2.75) is 31.3 Å². The molecule has 0 unspecified atom stereocenters. The van der Waals surface area contributed by atoms with E-state index in [9.17, 15) is 4.79 Å². The number of carbonyl (C=O) groups is 1. The third-order valence-electron chi connectivity index (χ3n) is 3.96. The molecule has 3 heteroatoms. The summed E-state index contributed by atoms with van der Waals surface area (Å²) in [4.78, 5) is 12.5. The van der Waals surface area contributed by atoms with Crippen LogP contribution in [0, 0.1) is 0 Å². The average molecular weight is 260 g/mol. The Morgan fingerprint density at radius 2 is 2.22 bits per heavy atom. The first kappa shape index (κ1) is 11.9. The van der Waals surface area contributed by atoms with Gasteiger partial charge in [-0.25, -0.2) is 0 Å². The van der Waals surface area contributed by atoms with Gasteiger partial charge in [0, 0.05) is 23.8 Å². The number of fused-ring (bicyclic) bond motifs is 1. The molecule has 0 radical (unpaired) electrons. The van der Waals surface area contributed by atoms with E-state index in [2.05, 4.69) is 12.1 Å². The fraction of sp³-hybridized carbons (Fsp3) is 0.400. The van der Waals surface area contributed by atoms with Crippen molar-refractivity contribution in [3.05, 3.63) is 35.2 Å².